The van der Waals surface area contributed by atoms with E-state index in [0.717, 1.165) is 5.56 Å². The second kappa shape index (κ2) is 7.91. The molecule has 0 saturated heterocycles. The van der Waals surface area contributed by atoms with Crippen LogP contribution in [0.5, 0.6) is 5.75 Å². The fraction of sp³-hybridized carbons (Fsp3) is 0.176. The molecule has 2 amide bonds. The van der Waals surface area contributed by atoms with Crippen molar-refractivity contribution in [1.29, 1.82) is 0 Å². The van der Waals surface area contributed by atoms with Gasteiger partial charge in [0.15, 0.2) is 11.9 Å². The largest absolute Gasteiger partial charge is 0.474 e. The van der Waals surface area contributed by atoms with Crippen molar-refractivity contribution in [2.24, 2.45) is 0 Å². The van der Waals surface area contributed by atoms with Crippen molar-refractivity contribution in [3.63, 3.8) is 0 Å². The lowest BCUT2D eigenvalue weighted by atomic mass is 10.1. The van der Waals surface area contributed by atoms with Gasteiger partial charge in [-0.15, -0.1) is 0 Å². The van der Waals surface area contributed by atoms with Crippen LogP contribution in [0.1, 0.15) is 22.8 Å². The molecule has 8 heteroatoms. The van der Waals surface area contributed by atoms with Crippen molar-refractivity contribution in [2.75, 3.05) is 0 Å². The van der Waals surface area contributed by atoms with Gasteiger partial charge in [0.05, 0.1) is 4.92 Å². The maximum atomic E-state index is 12.0. The summed E-state index contributed by atoms with van der Waals surface area (Å²) in [6.07, 6.45) is -1.04. The predicted octanol–water partition coefficient (Wildman–Crippen LogP) is 2.13. The summed E-state index contributed by atoms with van der Waals surface area (Å²) >= 11 is 0. The zero-order chi connectivity index (χ0) is 18.4. The van der Waals surface area contributed by atoms with Crippen molar-refractivity contribution in [1.82, 2.24) is 10.9 Å². The molecular formula is C17H17N3O5. The third-order valence-corrected chi connectivity index (χ3v) is 3.42. The number of ether oxygens (including phenoxy) is 1. The van der Waals surface area contributed by atoms with Crippen LogP contribution < -0.4 is 15.6 Å². The number of nitrogens with one attached hydrogen (secondary N) is 2. The Hall–Kier alpha value is -3.42. The van der Waals surface area contributed by atoms with Gasteiger partial charge in [-0.2, -0.15) is 0 Å². The van der Waals surface area contributed by atoms with Gasteiger partial charge >= 0.3 is 5.69 Å². The van der Waals surface area contributed by atoms with Gasteiger partial charge in [0, 0.05) is 11.6 Å². The first kappa shape index (κ1) is 17.9. The van der Waals surface area contributed by atoms with Crippen LogP contribution in [0.3, 0.4) is 0 Å². The summed E-state index contributed by atoms with van der Waals surface area (Å²) in [7, 11) is 0. The Kier molecular flexibility index (Phi) is 5.67. The van der Waals surface area contributed by atoms with Crippen molar-refractivity contribution >= 4 is 17.5 Å². The molecule has 0 fully saturated rings. The van der Waals surface area contributed by atoms with Crippen LogP contribution in [-0.4, -0.2) is 22.8 Å². The molecule has 0 aliphatic heterocycles. The molecular weight excluding hydrogens is 326 g/mol. The Morgan fingerprint density at radius 3 is 2.40 bits per heavy atom. The van der Waals surface area contributed by atoms with E-state index in [4.69, 9.17) is 4.74 Å². The molecule has 8 nitrogen and oxygen atoms in total. The smallest absolute Gasteiger partial charge is 0.310 e. The molecule has 0 bridgehead atoms. The second-order valence-electron chi connectivity index (χ2n) is 5.24. The molecule has 130 valence electrons. The number of hydrogen-bond donors (Lipinski definition) is 2. The van der Waals surface area contributed by atoms with E-state index in [1.165, 1.54) is 25.1 Å². The molecule has 0 aliphatic rings. The van der Waals surface area contributed by atoms with Gasteiger partial charge in [-0.05, 0) is 31.5 Å². The van der Waals surface area contributed by atoms with Crippen LogP contribution in [0, 0.1) is 17.0 Å². The number of hydrogen-bond acceptors (Lipinski definition) is 5. The lowest BCUT2D eigenvalue weighted by Gasteiger charge is -2.15. The molecule has 2 rings (SSSR count). The minimum atomic E-state index is -1.04. The molecule has 1 unspecified atom stereocenters. The third-order valence-electron chi connectivity index (χ3n) is 3.42. The van der Waals surface area contributed by atoms with Gasteiger partial charge in [-0.25, -0.2) is 0 Å². The first-order valence-electron chi connectivity index (χ1n) is 7.46. The predicted molar refractivity (Wildman–Crippen MR) is 90.0 cm³/mol. The molecule has 2 aromatic rings. The van der Waals surface area contributed by atoms with Crippen molar-refractivity contribution in [2.45, 2.75) is 20.0 Å². The summed E-state index contributed by atoms with van der Waals surface area (Å²) in [5.74, 6) is -1.13. The highest BCUT2D eigenvalue weighted by molar-refractivity contribution is 5.96. The standard InChI is InChI=1S/C17H17N3O5/c1-11-7-3-4-8-13(11)17(22)19-18-16(21)12(2)25-15-10-6-5-9-14(15)20(23)24/h3-10,12H,1-2H3,(H,18,21)(H,19,22). The highest BCUT2D eigenvalue weighted by Gasteiger charge is 2.21. The lowest BCUT2D eigenvalue weighted by Crippen LogP contribution is -2.47. The van der Waals surface area contributed by atoms with E-state index in [-0.39, 0.29) is 11.4 Å². The Bertz CT molecular complexity index is 806. The van der Waals surface area contributed by atoms with Gasteiger partial charge < -0.3 is 4.74 Å². The fourth-order valence-electron chi connectivity index (χ4n) is 2.07. The average molecular weight is 343 g/mol. The van der Waals surface area contributed by atoms with E-state index in [2.05, 4.69) is 10.9 Å². The highest BCUT2D eigenvalue weighted by atomic mass is 16.6. The Balaban J connectivity index is 1.96. The van der Waals surface area contributed by atoms with Crippen molar-refractivity contribution in [3.05, 3.63) is 69.8 Å². The third kappa shape index (κ3) is 4.54. The molecule has 0 saturated carbocycles. The molecule has 2 N–H and O–H groups in total. The number of rotatable bonds is 5. The summed E-state index contributed by atoms with van der Waals surface area (Å²) in [6.45, 7) is 3.20. The number of nitro benzene ring substituents is 1. The normalized spacial score (nSPS) is 11.3. The van der Waals surface area contributed by atoms with E-state index in [1.807, 2.05) is 0 Å². The Morgan fingerprint density at radius 1 is 1.08 bits per heavy atom. The quantitative estimate of drug-likeness (QED) is 0.638. The number of carbonyl (C=O) groups is 2. The number of nitrogens with zero attached hydrogens (tertiary/aromatic N) is 1. The molecule has 0 spiro atoms. The summed E-state index contributed by atoms with van der Waals surface area (Å²) in [4.78, 5) is 34.4. The van der Waals surface area contributed by atoms with Crippen LogP contribution in [0.15, 0.2) is 48.5 Å². The second-order valence-corrected chi connectivity index (χ2v) is 5.24. The molecule has 0 radical (unpaired) electrons. The van der Waals surface area contributed by atoms with Gasteiger partial charge in [0.1, 0.15) is 0 Å². The number of carbonyl (C=O) groups excluding carboxylic acids is 2. The maximum Gasteiger partial charge on any atom is 0.310 e. The minimum Gasteiger partial charge on any atom is -0.474 e. The molecule has 0 aromatic heterocycles. The van der Waals surface area contributed by atoms with Crippen LogP contribution >= 0.6 is 0 Å². The SMILES string of the molecule is Cc1ccccc1C(=O)NNC(=O)C(C)Oc1ccccc1[N+](=O)[O-]. The zero-order valence-electron chi connectivity index (χ0n) is 13.7. The summed E-state index contributed by atoms with van der Waals surface area (Å²) in [5.41, 5.74) is 5.48. The van der Waals surface area contributed by atoms with E-state index in [9.17, 15) is 19.7 Å². The van der Waals surface area contributed by atoms with Crippen LogP contribution in [-0.2, 0) is 4.79 Å². The number of aryl methyl sites for hydroxylation is 1. The lowest BCUT2D eigenvalue weighted by molar-refractivity contribution is -0.386. The highest BCUT2D eigenvalue weighted by Crippen LogP contribution is 2.26. The summed E-state index contributed by atoms with van der Waals surface area (Å²) in [6, 6.07) is 12.7. The van der Waals surface area contributed by atoms with E-state index in [0.29, 0.717) is 5.56 Å². The topological polar surface area (TPSA) is 111 Å². The van der Waals surface area contributed by atoms with Crippen LogP contribution in [0.25, 0.3) is 0 Å². The van der Waals surface area contributed by atoms with E-state index < -0.39 is 22.8 Å². The first-order valence-corrected chi connectivity index (χ1v) is 7.46. The number of amides is 2. The van der Waals surface area contributed by atoms with E-state index in [1.54, 1.807) is 37.3 Å². The number of para-hydroxylation sites is 2. The van der Waals surface area contributed by atoms with Crippen molar-refractivity contribution in [3.8, 4) is 5.75 Å². The molecule has 2 aromatic carbocycles. The number of hydrazine groups is 1. The van der Waals surface area contributed by atoms with Crippen molar-refractivity contribution < 1.29 is 19.2 Å². The average Bonchev–Trinajstić information content (AvgIpc) is 2.60. The van der Waals surface area contributed by atoms with Gasteiger partial charge in [0.2, 0.25) is 0 Å². The summed E-state index contributed by atoms with van der Waals surface area (Å²) in [5, 5.41) is 10.9. The molecule has 25 heavy (non-hydrogen) atoms. The molecule has 1 atom stereocenters. The maximum absolute atomic E-state index is 12.0. The van der Waals surface area contributed by atoms with Crippen LogP contribution in [0.2, 0.25) is 0 Å². The number of benzene rings is 2. The van der Waals surface area contributed by atoms with Crippen LogP contribution in [0.4, 0.5) is 5.69 Å². The monoisotopic (exact) mass is 343 g/mol. The van der Waals surface area contributed by atoms with Gasteiger partial charge in [-0.1, -0.05) is 30.3 Å². The molecule has 0 aliphatic carbocycles. The summed E-state index contributed by atoms with van der Waals surface area (Å²) < 4.78 is 5.33. The number of nitro groups is 1. The zero-order valence-corrected chi connectivity index (χ0v) is 13.7. The van der Waals surface area contributed by atoms with Gasteiger partial charge in [-0.3, -0.25) is 30.6 Å². The van der Waals surface area contributed by atoms with E-state index >= 15 is 0 Å². The Labute approximate surface area is 143 Å². The fourth-order valence-corrected chi connectivity index (χ4v) is 2.07. The Morgan fingerprint density at radius 2 is 1.72 bits per heavy atom. The minimum absolute atomic E-state index is 0.0274. The molecule has 0 heterocycles. The first-order chi connectivity index (χ1) is 11.9. The van der Waals surface area contributed by atoms with Gasteiger partial charge in [0.25, 0.3) is 11.8 Å².